The number of nitrogens with one attached hydrogen (secondary N) is 6. The van der Waals surface area contributed by atoms with Crippen LogP contribution in [-0.4, -0.2) is 97.9 Å². The van der Waals surface area contributed by atoms with E-state index in [4.69, 9.17) is 21.7 Å². The second-order valence-corrected chi connectivity index (χ2v) is 13.4. The molecule has 6 rings (SSSR count). The number of carbonyl (C=O) groups excluding carboxylic acids is 4. The molecule has 0 saturated carbocycles. The Bertz CT molecular complexity index is 2660. The maximum Gasteiger partial charge on any atom is 1.00 e. The Kier molecular flexibility index (Phi) is 20.0. The molecule has 66 heavy (non-hydrogen) atoms. The number of H-pyrrole nitrogens is 2. The number of carboxylic acid groups (broad SMARTS) is 4. The summed E-state index contributed by atoms with van der Waals surface area (Å²) < 4.78 is 0. The average Bonchev–Trinajstić information content (AvgIpc) is 3.25. The van der Waals surface area contributed by atoms with E-state index in [-0.39, 0.29) is 130 Å². The second kappa shape index (κ2) is 24.8. The molecular weight excluding hydrogens is 890 g/mol. The van der Waals surface area contributed by atoms with E-state index in [2.05, 4.69) is 61.1 Å². The summed E-state index contributed by atoms with van der Waals surface area (Å²) in [5.41, 5.74) is 12.9. The number of rotatable bonds is 18. The van der Waals surface area contributed by atoms with Gasteiger partial charge in [0.05, 0.1) is 36.9 Å². The zero-order chi connectivity index (χ0) is 46.5. The van der Waals surface area contributed by atoms with E-state index in [0.717, 1.165) is 0 Å². The predicted octanol–water partition coefficient (Wildman–Crippen LogP) is -8.75. The van der Waals surface area contributed by atoms with Crippen molar-refractivity contribution in [3.63, 3.8) is 0 Å². The molecule has 12 N–H and O–H groups in total. The number of carbonyl (C=O) groups is 6. The van der Waals surface area contributed by atoms with E-state index in [1.165, 1.54) is 36.7 Å². The Morgan fingerprint density at radius 3 is 1.26 bits per heavy atom. The van der Waals surface area contributed by atoms with E-state index >= 15 is 0 Å². The van der Waals surface area contributed by atoms with Crippen LogP contribution in [0.1, 0.15) is 57.8 Å². The van der Waals surface area contributed by atoms with Crippen molar-refractivity contribution in [2.75, 3.05) is 22.1 Å². The molecule has 6 aromatic rings. The summed E-state index contributed by atoms with van der Waals surface area (Å²) in [5.74, 6) is -6.91. The molecule has 2 atom stereocenters. The first-order valence-corrected chi connectivity index (χ1v) is 18.6. The van der Waals surface area contributed by atoms with Crippen LogP contribution in [0, 0.1) is 0 Å². The molecule has 0 spiro atoms. The van der Waals surface area contributed by atoms with Crippen LogP contribution in [0.2, 0.25) is 0 Å². The quantitative estimate of drug-likeness (QED) is 0.0358. The number of hydrogen-bond donors (Lipinski definition) is 10. The molecule has 0 fully saturated rings. The summed E-state index contributed by atoms with van der Waals surface area (Å²) >= 11 is 0. The smallest absolute Gasteiger partial charge is 0.550 e. The number of benzene rings is 2. The number of aliphatic carboxylic acids is 4. The van der Waals surface area contributed by atoms with E-state index in [1.807, 2.05) is 0 Å². The molecule has 26 nitrogen and oxygen atoms in total. The zero-order valence-corrected chi connectivity index (χ0v) is 39.0. The van der Waals surface area contributed by atoms with Gasteiger partial charge in [-0.2, -0.15) is 9.97 Å². The first-order chi connectivity index (χ1) is 30.4. The largest absolute Gasteiger partial charge is 1.00 e. The molecule has 0 aliphatic rings. The number of aromatic amines is 2. The van der Waals surface area contributed by atoms with Gasteiger partial charge >= 0.3 is 71.1 Å². The molecule has 2 aromatic carbocycles. The number of fused-ring (bicyclic) bond motifs is 2. The van der Waals surface area contributed by atoms with Crippen LogP contribution in [0.25, 0.3) is 22.3 Å². The second-order valence-electron chi connectivity index (χ2n) is 13.4. The molecule has 0 radical (unpaired) electrons. The van der Waals surface area contributed by atoms with Gasteiger partial charge in [-0.05, 0) is 74.2 Å². The van der Waals surface area contributed by atoms with Gasteiger partial charge < -0.3 is 62.7 Å². The topological polar surface area (TPSA) is 432 Å². The van der Waals surface area contributed by atoms with Crippen LogP contribution in [0.4, 0.5) is 23.3 Å². The number of carboxylic acids is 4. The van der Waals surface area contributed by atoms with E-state index in [0.29, 0.717) is 22.8 Å². The number of aromatic nitrogens is 8. The maximum absolute atomic E-state index is 12.3. The Morgan fingerprint density at radius 1 is 0.591 bits per heavy atom. The number of nitrogen functional groups attached to an aromatic ring is 2. The van der Waals surface area contributed by atoms with Gasteiger partial charge in [0.2, 0.25) is 11.9 Å². The molecule has 4 heterocycles. The first kappa shape index (κ1) is 53.2. The van der Waals surface area contributed by atoms with Gasteiger partial charge in [0.25, 0.3) is 22.9 Å². The Labute approximate surface area is 414 Å². The minimum atomic E-state index is -1.40. The summed E-state index contributed by atoms with van der Waals surface area (Å²) in [5, 5.41) is 49.9. The Balaban J connectivity index is 0.000000340. The van der Waals surface area contributed by atoms with Crippen LogP contribution in [0.15, 0.2) is 70.5 Å². The van der Waals surface area contributed by atoms with E-state index in [1.54, 1.807) is 24.3 Å². The van der Waals surface area contributed by atoms with Crippen LogP contribution in [0.3, 0.4) is 0 Å². The Morgan fingerprint density at radius 2 is 0.939 bits per heavy atom. The number of hydrogen-bond acceptors (Lipinski definition) is 20. The van der Waals surface area contributed by atoms with E-state index in [9.17, 15) is 48.6 Å². The molecule has 332 valence electrons. The number of anilines is 4. The van der Waals surface area contributed by atoms with Crippen LogP contribution < -0.4 is 113 Å². The van der Waals surface area contributed by atoms with Gasteiger partial charge in [-0.3, -0.25) is 29.1 Å². The molecular formula is C38H36N14Na2O12. The van der Waals surface area contributed by atoms with Crippen molar-refractivity contribution in [1.29, 1.82) is 0 Å². The van der Waals surface area contributed by atoms with Crippen molar-refractivity contribution in [2.24, 2.45) is 0 Å². The molecule has 0 bridgehead atoms. The minimum absolute atomic E-state index is 0. The standard InChI is InChI=1S/2C19H19N7O6.2Na/c2*20-19-25-15-14(17(30)26-19)23-11(8-22-15)7-21-10-3-1-9(2-4-10)16(29)24-12(18(31)32)5-6-13(27)28;;/h2*1-4,8,12,21H,5-7H2,(H,24,29)(H,27,28)(H,31,32)(H3,20,22,25,26,30);;/q;;2*+1/p-2/t2*12-;;/m00../s1. The number of amides is 2. The van der Waals surface area contributed by atoms with E-state index < -0.39 is 71.7 Å². The van der Waals surface area contributed by atoms with Crippen molar-refractivity contribution in [3.05, 3.63) is 104 Å². The average molecular weight is 927 g/mol. The molecule has 0 unspecified atom stereocenters. The van der Waals surface area contributed by atoms with Crippen molar-refractivity contribution in [1.82, 2.24) is 50.5 Å². The molecule has 0 saturated heterocycles. The van der Waals surface area contributed by atoms with Gasteiger partial charge in [-0.15, -0.1) is 0 Å². The summed E-state index contributed by atoms with van der Waals surface area (Å²) in [6.07, 6.45) is 1.32. The third-order valence-corrected chi connectivity index (χ3v) is 8.69. The fourth-order valence-electron chi connectivity index (χ4n) is 5.50. The van der Waals surface area contributed by atoms with Crippen molar-refractivity contribution >= 4 is 81.3 Å². The van der Waals surface area contributed by atoms with Crippen LogP contribution in [-0.2, 0) is 32.3 Å². The first-order valence-electron chi connectivity index (χ1n) is 18.6. The maximum atomic E-state index is 12.3. The molecule has 0 aliphatic heterocycles. The number of nitrogens with zero attached hydrogens (tertiary/aromatic N) is 6. The third-order valence-electron chi connectivity index (χ3n) is 8.69. The van der Waals surface area contributed by atoms with Gasteiger partial charge in [-0.25, -0.2) is 29.5 Å². The summed E-state index contributed by atoms with van der Waals surface area (Å²) in [6, 6.07) is 9.56. The summed E-state index contributed by atoms with van der Waals surface area (Å²) in [4.78, 5) is 121. The SMILES string of the molecule is Nc1nc2ncc(CNc3ccc(C(=O)N[C@@H](CCC(=O)[O-])C(=O)O)cc3)nc2c(=O)[nH]1.Nc1nc2ncc(CNc3ccc(C(=O)N[C@@H](CCC(=O)[O-])C(=O)O)cc3)nc2c(=O)[nH]1.[Na+].[Na+]. The fraction of sp³-hybridized carbons (Fsp3) is 0.211. The molecule has 28 heteroatoms. The van der Waals surface area contributed by atoms with Gasteiger partial charge in [0.1, 0.15) is 12.1 Å². The molecule has 0 aliphatic carbocycles. The van der Waals surface area contributed by atoms with Gasteiger partial charge in [-0.1, -0.05) is 0 Å². The normalized spacial score (nSPS) is 11.3. The zero-order valence-electron chi connectivity index (χ0n) is 35.0. The van der Waals surface area contributed by atoms with Crippen molar-refractivity contribution in [2.45, 2.75) is 50.9 Å². The fourth-order valence-corrected chi connectivity index (χ4v) is 5.50. The Hall–Kier alpha value is -7.10. The monoisotopic (exact) mass is 926 g/mol. The summed E-state index contributed by atoms with van der Waals surface area (Å²) in [7, 11) is 0. The van der Waals surface area contributed by atoms with Crippen LogP contribution in [0.5, 0.6) is 0 Å². The van der Waals surface area contributed by atoms with Gasteiger partial charge in [0.15, 0.2) is 22.3 Å². The molecule has 4 aromatic heterocycles. The third kappa shape index (κ3) is 15.6. The van der Waals surface area contributed by atoms with Crippen LogP contribution >= 0.6 is 0 Å². The predicted molar refractivity (Wildman–Crippen MR) is 219 cm³/mol. The molecule has 2 amide bonds. The minimum Gasteiger partial charge on any atom is -0.550 e. The van der Waals surface area contributed by atoms with Crippen molar-refractivity contribution in [3.8, 4) is 0 Å². The van der Waals surface area contributed by atoms with Gasteiger partial charge in [0, 0.05) is 34.4 Å². The van der Waals surface area contributed by atoms with Crippen molar-refractivity contribution < 1.29 is 108 Å². The summed E-state index contributed by atoms with van der Waals surface area (Å²) in [6.45, 7) is 0.450. The number of nitrogens with two attached hydrogens (primary N) is 2.